The van der Waals surface area contributed by atoms with Crippen LogP contribution < -0.4 is 4.74 Å². The van der Waals surface area contributed by atoms with Crippen LogP contribution in [0.4, 0.5) is 0 Å². The number of benzene rings is 1. The second-order valence-electron chi connectivity index (χ2n) is 5.31. The number of hydrogen-bond acceptors (Lipinski definition) is 3. The highest BCUT2D eigenvalue weighted by Gasteiger charge is 2.19. The van der Waals surface area contributed by atoms with E-state index in [1.807, 2.05) is 12.1 Å². The number of aliphatic hydroxyl groups is 1. The highest BCUT2D eigenvalue weighted by molar-refractivity contribution is 5.38. The van der Waals surface area contributed by atoms with Crippen molar-refractivity contribution in [1.82, 2.24) is 0 Å². The molecule has 1 heterocycles. The molecular formula is C15H20O3. The maximum absolute atomic E-state index is 9.99. The van der Waals surface area contributed by atoms with E-state index in [1.54, 1.807) is 0 Å². The van der Waals surface area contributed by atoms with Crippen LogP contribution in [0.15, 0.2) is 18.2 Å². The molecule has 0 amide bonds. The van der Waals surface area contributed by atoms with Crippen LogP contribution >= 0.6 is 0 Å². The maximum atomic E-state index is 9.99. The molecule has 0 saturated carbocycles. The Morgan fingerprint density at radius 2 is 2.28 bits per heavy atom. The van der Waals surface area contributed by atoms with Crippen molar-refractivity contribution in [3.8, 4) is 5.75 Å². The van der Waals surface area contributed by atoms with Crippen molar-refractivity contribution in [2.75, 3.05) is 19.8 Å². The van der Waals surface area contributed by atoms with Gasteiger partial charge in [-0.05, 0) is 48.9 Å². The number of aryl methyl sites for hydroxylation is 1. The smallest absolute Gasteiger partial charge is 0.119 e. The third-order valence-corrected chi connectivity index (χ3v) is 3.91. The first-order valence-corrected chi connectivity index (χ1v) is 6.84. The van der Waals surface area contributed by atoms with Crippen molar-refractivity contribution >= 4 is 0 Å². The molecule has 0 aromatic heterocycles. The first kappa shape index (κ1) is 12.0. The SMILES string of the molecule is OC1CCCc2ccc(OCC3CCOC3)cc21. The predicted molar refractivity (Wildman–Crippen MR) is 68.8 cm³/mol. The molecular weight excluding hydrogens is 228 g/mol. The first-order valence-electron chi connectivity index (χ1n) is 6.84. The summed E-state index contributed by atoms with van der Waals surface area (Å²) in [5.74, 6) is 1.40. The average Bonchev–Trinajstić information content (AvgIpc) is 2.90. The van der Waals surface area contributed by atoms with Gasteiger partial charge in [0.05, 0.1) is 19.3 Å². The van der Waals surface area contributed by atoms with Gasteiger partial charge in [0.1, 0.15) is 5.75 Å². The highest BCUT2D eigenvalue weighted by atomic mass is 16.5. The fourth-order valence-corrected chi connectivity index (χ4v) is 2.77. The second kappa shape index (κ2) is 5.29. The van der Waals surface area contributed by atoms with Gasteiger partial charge in [0, 0.05) is 12.5 Å². The number of hydrogen-bond donors (Lipinski definition) is 1. The van der Waals surface area contributed by atoms with Gasteiger partial charge in [-0.15, -0.1) is 0 Å². The molecule has 0 radical (unpaired) electrons. The van der Waals surface area contributed by atoms with Gasteiger partial charge in [0.2, 0.25) is 0 Å². The topological polar surface area (TPSA) is 38.7 Å². The Hall–Kier alpha value is -1.06. The molecule has 2 atom stereocenters. The van der Waals surface area contributed by atoms with Crippen LogP contribution in [0.1, 0.15) is 36.5 Å². The van der Waals surface area contributed by atoms with Crippen LogP contribution in [-0.4, -0.2) is 24.9 Å². The zero-order valence-corrected chi connectivity index (χ0v) is 10.6. The molecule has 2 aliphatic rings. The van der Waals surface area contributed by atoms with E-state index in [4.69, 9.17) is 9.47 Å². The van der Waals surface area contributed by atoms with Crippen LogP contribution in [-0.2, 0) is 11.2 Å². The third kappa shape index (κ3) is 2.52. The Bertz CT molecular complexity index is 410. The lowest BCUT2D eigenvalue weighted by Gasteiger charge is -2.22. The molecule has 1 fully saturated rings. The van der Waals surface area contributed by atoms with Crippen molar-refractivity contribution < 1.29 is 14.6 Å². The summed E-state index contributed by atoms with van der Waals surface area (Å²) in [6.07, 6.45) is 3.80. The van der Waals surface area contributed by atoms with Crippen molar-refractivity contribution in [1.29, 1.82) is 0 Å². The molecule has 3 heteroatoms. The van der Waals surface area contributed by atoms with Crippen molar-refractivity contribution in [2.24, 2.45) is 5.92 Å². The molecule has 1 aliphatic carbocycles. The van der Waals surface area contributed by atoms with E-state index >= 15 is 0 Å². The molecule has 2 unspecified atom stereocenters. The molecule has 1 N–H and O–H groups in total. The molecule has 1 aromatic carbocycles. The molecule has 1 aromatic rings. The Balaban J connectivity index is 1.67. The van der Waals surface area contributed by atoms with Gasteiger partial charge in [-0.25, -0.2) is 0 Å². The normalized spacial score (nSPS) is 26.9. The van der Waals surface area contributed by atoms with Crippen LogP contribution in [0, 0.1) is 5.92 Å². The Morgan fingerprint density at radius 3 is 3.11 bits per heavy atom. The summed E-state index contributed by atoms with van der Waals surface area (Å²) in [6.45, 7) is 2.39. The van der Waals surface area contributed by atoms with E-state index in [2.05, 4.69) is 6.07 Å². The molecule has 1 aliphatic heterocycles. The molecule has 98 valence electrons. The van der Waals surface area contributed by atoms with Gasteiger partial charge in [0.15, 0.2) is 0 Å². The van der Waals surface area contributed by atoms with Crippen LogP contribution in [0.2, 0.25) is 0 Å². The van der Waals surface area contributed by atoms with Gasteiger partial charge < -0.3 is 14.6 Å². The maximum Gasteiger partial charge on any atom is 0.119 e. The summed E-state index contributed by atoms with van der Waals surface area (Å²) < 4.78 is 11.1. The largest absolute Gasteiger partial charge is 0.493 e. The van der Waals surface area contributed by atoms with Crippen LogP contribution in [0.3, 0.4) is 0 Å². The highest BCUT2D eigenvalue weighted by Crippen LogP contribution is 2.32. The lowest BCUT2D eigenvalue weighted by Crippen LogP contribution is -2.13. The minimum Gasteiger partial charge on any atom is -0.493 e. The quantitative estimate of drug-likeness (QED) is 0.893. The molecule has 0 bridgehead atoms. The summed E-state index contributed by atoms with van der Waals surface area (Å²) >= 11 is 0. The lowest BCUT2D eigenvalue weighted by atomic mass is 9.89. The molecule has 3 rings (SSSR count). The van der Waals surface area contributed by atoms with Gasteiger partial charge in [-0.1, -0.05) is 6.07 Å². The molecule has 1 saturated heterocycles. The van der Waals surface area contributed by atoms with Crippen molar-refractivity contribution in [2.45, 2.75) is 31.8 Å². The average molecular weight is 248 g/mol. The van der Waals surface area contributed by atoms with Crippen molar-refractivity contribution in [3.63, 3.8) is 0 Å². The minimum absolute atomic E-state index is 0.313. The fourth-order valence-electron chi connectivity index (χ4n) is 2.77. The summed E-state index contributed by atoms with van der Waals surface area (Å²) in [5.41, 5.74) is 2.33. The minimum atomic E-state index is -0.313. The summed E-state index contributed by atoms with van der Waals surface area (Å²) in [7, 11) is 0. The van der Waals surface area contributed by atoms with Crippen LogP contribution in [0.5, 0.6) is 5.75 Å². The van der Waals surface area contributed by atoms with E-state index in [0.29, 0.717) is 5.92 Å². The summed E-state index contributed by atoms with van der Waals surface area (Å²) in [5, 5.41) is 9.99. The first-order chi connectivity index (χ1) is 8.83. The number of rotatable bonds is 3. The second-order valence-corrected chi connectivity index (χ2v) is 5.31. The zero-order chi connectivity index (χ0) is 12.4. The number of fused-ring (bicyclic) bond motifs is 1. The summed E-state index contributed by atoms with van der Waals surface area (Å²) in [4.78, 5) is 0. The Morgan fingerprint density at radius 1 is 1.33 bits per heavy atom. The zero-order valence-electron chi connectivity index (χ0n) is 10.6. The van der Waals surface area contributed by atoms with E-state index in [9.17, 15) is 5.11 Å². The Kier molecular flexibility index (Phi) is 3.52. The standard InChI is InChI=1S/C15H20O3/c16-15-3-1-2-12-4-5-13(8-14(12)15)18-10-11-6-7-17-9-11/h4-5,8,11,15-16H,1-3,6-7,9-10H2. The number of ether oxygens (including phenoxy) is 2. The van der Waals surface area contributed by atoms with E-state index < -0.39 is 0 Å². The molecule has 3 nitrogen and oxygen atoms in total. The van der Waals surface area contributed by atoms with Gasteiger partial charge in [0.25, 0.3) is 0 Å². The van der Waals surface area contributed by atoms with Crippen molar-refractivity contribution in [3.05, 3.63) is 29.3 Å². The van der Waals surface area contributed by atoms with Crippen LogP contribution in [0.25, 0.3) is 0 Å². The molecule has 18 heavy (non-hydrogen) atoms. The van der Waals surface area contributed by atoms with Gasteiger partial charge in [-0.3, -0.25) is 0 Å². The van der Waals surface area contributed by atoms with E-state index in [0.717, 1.165) is 56.8 Å². The third-order valence-electron chi connectivity index (χ3n) is 3.91. The fraction of sp³-hybridized carbons (Fsp3) is 0.600. The lowest BCUT2D eigenvalue weighted by molar-refractivity contribution is 0.154. The summed E-state index contributed by atoms with van der Waals surface area (Å²) in [6, 6.07) is 6.12. The van der Waals surface area contributed by atoms with Gasteiger partial charge >= 0.3 is 0 Å². The number of aliphatic hydroxyl groups excluding tert-OH is 1. The van der Waals surface area contributed by atoms with E-state index in [1.165, 1.54) is 5.56 Å². The monoisotopic (exact) mass is 248 g/mol. The van der Waals surface area contributed by atoms with E-state index in [-0.39, 0.29) is 6.10 Å². The van der Waals surface area contributed by atoms with Gasteiger partial charge in [-0.2, -0.15) is 0 Å². The Labute approximate surface area is 108 Å². The molecule has 0 spiro atoms. The predicted octanol–water partition coefficient (Wildman–Crippen LogP) is 2.47.